The van der Waals surface area contributed by atoms with Gasteiger partial charge >= 0.3 is 0 Å². The molecular weight excluding hydrogens is 224 g/mol. The Kier molecular flexibility index (Phi) is 3.06. The third kappa shape index (κ3) is 1.74. The van der Waals surface area contributed by atoms with Gasteiger partial charge in [-0.15, -0.1) is 0 Å². The van der Waals surface area contributed by atoms with Crippen molar-refractivity contribution in [2.75, 3.05) is 0 Å². The molecule has 0 aliphatic carbocycles. The Morgan fingerprint density at radius 2 is 2.19 bits per heavy atom. The normalized spacial score (nSPS) is 10.4. The number of halogens is 1. The first-order valence-electron chi connectivity index (χ1n) is 5.03. The first-order chi connectivity index (χ1) is 7.77. The molecule has 3 nitrogen and oxygen atoms in total. The molecule has 1 aromatic carbocycles. The zero-order valence-electron chi connectivity index (χ0n) is 8.85. The molecule has 4 heteroatoms. The van der Waals surface area contributed by atoms with Gasteiger partial charge in [0.15, 0.2) is 6.29 Å². The van der Waals surface area contributed by atoms with E-state index in [0.29, 0.717) is 17.1 Å². The van der Waals surface area contributed by atoms with Gasteiger partial charge in [-0.3, -0.25) is 9.48 Å². The number of aldehydes is 1. The van der Waals surface area contributed by atoms with Crippen LogP contribution in [-0.4, -0.2) is 16.1 Å². The Morgan fingerprint density at radius 3 is 2.81 bits per heavy atom. The maximum absolute atomic E-state index is 10.9. The highest BCUT2D eigenvalue weighted by Gasteiger charge is 2.13. The maximum Gasteiger partial charge on any atom is 0.153 e. The number of hydrogen-bond acceptors (Lipinski definition) is 2. The molecule has 82 valence electrons. The van der Waals surface area contributed by atoms with Crippen molar-refractivity contribution < 1.29 is 4.79 Å². The minimum Gasteiger partial charge on any atom is -0.298 e. The van der Waals surface area contributed by atoms with E-state index in [1.165, 1.54) is 0 Å². The highest BCUT2D eigenvalue weighted by atomic mass is 35.5. The number of aromatic nitrogens is 2. The van der Waals surface area contributed by atoms with E-state index in [1.54, 1.807) is 16.9 Å². The molecule has 0 bridgehead atoms. The number of hydrogen-bond donors (Lipinski definition) is 0. The van der Waals surface area contributed by atoms with E-state index in [-0.39, 0.29) is 0 Å². The van der Waals surface area contributed by atoms with E-state index in [4.69, 9.17) is 11.6 Å². The molecule has 0 aliphatic heterocycles. The van der Waals surface area contributed by atoms with Crippen LogP contribution in [0.2, 0.25) is 5.02 Å². The van der Waals surface area contributed by atoms with Crippen molar-refractivity contribution >= 4 is 17.9 Å². The SMILES string of the molecule is CCn1ncc(C=O)c1-c1ccccc1Cl. The fourth-order valence-electron chi connectivity index (χ4n) is 1.67. The fourth-order valence-corrected chi connectivity index (χ4v) is 1.90. The van der Waals surface area contributed by atoms with E-state index in [2.05, 4.69) is 5.10 Å². The lowest BCUT2D eigenvalue weighted by Crippen LogP contribution is -2.00. The van der Waals surface area contributed by atoms with Gasteiger partial charge in [-0.05, 0) is 13.0 Å². The summed E-state index contributed by atoms with van der Waals surface area (Å²) in [5.74, 6) is 0. The summed E-state index contributed by atoms with van der Waals surface area (Å²) >= 11 is 6.12. The molecule has 0 amide bonds. The molecule has 0 spiro atoms. The average Bonchev–Trinajstić information content (AvgIpc) is 2.72. The second-order valence-electron chi connectivity index (χ2n) is 3.36. The molecule has 0 radical (unpaired) electrons. The van der Waals surface area contributed by atoms with Crippen LogP contribution in [0.3, 0.4) is 0 Å². The fraction of sp³-hybridized carbons (Fsp3) is 0.167. The summed E-state index contributed by atoms with van der Waals surface area (Å²) in [4.78, 5) is 10.9. The summed E-state index contributed by atoms with van der Waals surface area (Å²) < 4.78 is 1.77. The van der Waals surface area contributed by atoms with Crippen LogP contribution in [0.15, 0.2) is 30.5 Å². The van der Waals surface area contributed by atoms with Crippen LogP contribution in [0.1, 0.15) is 17.3 Å². The molecule has 0 aliphatic rings. The maximum atomic E-state index is 10.9. The number of benzene rings is 1. The Balaban J connectivity index is 2.67. The average molecular weight is 235 g/mol. The first kappa shape index (κ1) is 10.9. The van der Waals surface area contributed by atoms with Gasteiger partial charge in [0.05, 0.1) is 17.5 Å². The van der Waals surface area contributed by atoms with Crippen LogP contribution >= 0.6 is 11.6 Å². The van der Waals surface area contributed by atoms with Crippen LogP contribution in [0, 0.1) is 0 Å². The molecule has 16 heavy (non-hydrogen) atoms. The highest BCUT2D eigenvalue weighted by molar-refractivity contribution is 6.33. The van der Waals surface area contributed by atoms with Crippen LogP contribution in [0.25, 0.3) is 11.3 Å². The molecule has 1 heterocycles. The number of carbonyl (C=O) groups excluding carboxylic acids is 1. The third-order valence-electron chi connectivity index (χ3n) is 2.42. The van der Waals surface area contributed by atoms with Gasteiger partial charge < -0.3 is 0 Å². The molecule has 0 N–H and O–H groups in total. The largest absolute Gasteiger partial charge is 0.298 e. The molecule has 1 aromatic heterocycles. The topological polar surface area (TPSA) is 34.9 Å². The zero-order valence-corrected chi connectivity index (χ0v) is 9.61. The Morgan fingerprint density at radius 1 is 1.44 bits per heavy atom. The van der Waals surface area contributed by atoms with Gasteiger partial charge in [-0.2, -0.15) is 5.10 Å². The second kappa shape index (κ2) is 4.49. The van der Waals surface area contributed by atoms with Crippen molar-refractivity contribution in [3.63, 3.8) is 0 Å². The lowest BCUT2D eigenvalue weighted by molar-refractivity contribution is 0.112. The molecular formula is C12H11ClN2O. The lowest BCUT2D eigenvalue weighted by Gasteiger charge is -2.07. The summed E-state index contributed by atoms with van der Waals surface area (Å²) in [7, 11) is 0. The van der Waals surface area contributed by atoms with Crippen molar-refractivity contribution in [3.8, 4) is 11.3 Å². The molecule has 0 unspecified atom stereocenters. The molecule has 0 atom stereocenters. The van der Waals surface area contributed by atoms with Crippen LogP contribution in [0.5, 0.6) is 0 Å². The smallest absolute Gasteiger partial charge is 0.153 e. The van der Waals surface area contributed by atoms with Crippen LogP contribution in [-0.2, 0) is 6.54 Å². The summed E-state index contributed by atoms with van der Waals surface area (Å²) in [5.41, 5.74) is 2.18. The van der Waals surface area contributed by atoms with Crippen LogP contribution < -0.4 is 0 Å². The van der Waals surface area contributed by atoms with Crippen molar-refractivity contribution in [1.29, 1.82) is 0 Å². The van der Waals surface area contributed by atoms with Crippen molar-refractivity contribution in [2.45, 2.75) is 13.5 Å². The molecule has 2 aromatic rings. The number of aryl methyl sites for hydroxylation is 1. The van der Waals surface area contributed by atoms with Crippen molar-refractivity contribution in [2.24, 2.45) is 0 Å². The van der Waals surface area contributed by atoms with Gasteiger partial charge in [-0.25, -0.2) is 0 Å². The minimum absolute atomic E-state index is 0.565. The lowest BCUT2D eigenvalue weighted by atomic mass is 10.1. The van der Waals surface area contributed by atoms with E-state index in [1.807, 2.05) is 25.1 Å². The van der Waals surface area contributed by atoms with Gasteiger partial charge in [0.25, 0.3) is 0 Å². The third-order valence-corrected chi connectivity index (χ3v) is 2.75. The van der Waals surface area contributed by atoms with Gasteiger partial charge in [0, 0.05) is 17.1 Å². The predicted molar refractivity (Wildman–Crippen MR) is 63.7 cm³/mol. The highest BCUT2D eigenvalue weighted by Crippen LogP contribution is 2.29. The predicted octanol–water partition coefficient (Wildman–Crippen LogP) is 3.04. The quantitative estimate of drug-likeness (QED) is 0.766. The minimum atomic E-state index is 0.565. The summed E-state index contributed by atoms with van der Waals surface area (Å²) in [6.45, 7) is 2.68. The van der Waals surface area contributed by atoms with Crippen LogP contribution in [0.4, 0.5) is 0 Å². The molecule has 2 rings (SSSR count). The van der Waals surface area contributed by atoms with E-state index >= 15 is 0 Å². The molecule has 0 saturated heterocycles. The molecule has 0 fully saturated rings. The zero-order chi connectivity index (χ0) is 11.5. The summed E-state index contributed by atoms with van der Waals surface area (Å²) in [6.07, 6.45) is 2.37. The Bertz CT molecular complexity index is 519. The van der Waals surface area contributed by atoms with Gasteiger partial charge in [0.1, 0.15) is 0 Å². The van der Waals surface area contributed by atoms with Gasteiger partial charge in [-0.1, -0.05) is 29.8 Å². The summed E-state index contributed by atoms with van der Waals surface area (Å²) in [5, 5.41) is 4.78. The van der Waals surface area contributed by atoms with Crippen molar-refractivity contribution in [3.05, 3.63) is 41.0 Å². The Hall–Kier alpha value is -1.61. The number of nitrogens with zero attached hydrogens (tertiary/aromatic N) is 2. The van der Waals surface area contributed by atoms with E-state index in [0.717, 1.165) is 17.5 Å². The monoisotopic (exact) mass is 234 g/mol. The van der Waals surface area contributed by atoms with E-state index in [9.17, 15) is 4.79 Å². The number of carbonyl (C=O) groups is 1. The number of rotatable bonds is 3. The standard InChI is InChI=1S/C12H11ClN2O/c1-2-15-12(9(8-16)7-14-15)10-5-3-4-6-11(10)13/h3-8H,2H2,1H3. The van der Waals surface area contributed by atoms with Gasteiger partial charge in [0.2, 0.25) is 0 Å². The Labute approximate surface area is 98.7 Å². The summed E-state index contributed by atoms with van der Waals surface area (Å²) in [6, 6.07) is 7.44. The van der Waals surface area contributed by atoms with Crippen molar-refractivity contribution in [1.82, 2.24) is 9.78 Å². The van der Waals surface area contributed by atoms with E-state index < -0.39 is 0 Å². The second-order valence-corrected chi connectivity index (χ2v) is 3.77. The first-order valence-corrected chi connectivity index (χ1v) is 5.41. The molecule has 0 saturated carbocycles.